The first-order valence-electron chi connectivity index (χ1n) is 23.7. The highest BCUT2D eigenvalue weighted by molar-refractivity contribution is 8.26. The molecular formula is C54H62N2O12S4. The summed E-state index contributed by atoms with van der Waals surface area (Å²) < 4.78 is 29.0. The Labute approximate surface area is 438 Å². The molecule has 0 aromatic heterocycles. The Morgan fingerprint density at radius 3 is 1.38 bits per heavy atom. The summed E-state index contributed by atoms with van der Waals surface area (Å²) in [6, 6.07) is 18.7. The Morgan fingerprint density at radius 2 is 0.986 bits per heavy atom. The lowest BCUT2D eigenvalue weighted by molar-refractivity contribution is -0.151. The summed E-state index contributed by atoms with van der Waals surface area (Å²) in [4.78, 5) is 98.6. The number of hydrogen-bond acceptors (Lipinski definition) is 16. The molecule has 3 aliphatic heterocycles. The topological polar surface area (TPSA) is 172 Å². The average Bonchev–Trinajstić information content (AvgIpc) is 3.97. The molecule has 0 radical (unpaired) electrons. The number of fused-ring (bicyclic) bond motifs is 2. The Morgan fingerprint density at radius 1 is 0.597 bits per heavy atom. The van der Waals surface area contributed by atoms with Crippen LogP contribution < -0.4 is 9.47 Å². The van der Waals surface area contributed by atoms with E-state index in [-0.39, 0.29) is 103 Å². The number of carbonyl (C=O) groups is 7. The maximum absolute atomic E-state index is 14.8. The van der Waals surface area contributed by atoms with Crippen molar-refractivity contribution in [2.24, 2.45) is 22.7 Å². The zero-order valence-corrected chi connectivity index (χ0v) is 45.7. The van der Waals surface area contributed by atoms with Gasteiger partial charge in [0, 0.05) is 18.4 Å². The van der Waals surface area contributed by atoms with Crippen molar-refractivity contribution in [1.29, 1.82) is 0 Å². The molecule has 0 spiro atoms. The third-order valence-electron chi connectivity index (χ3n) is 10.9. The van der Waals surface area contributed by atoms with Gasteiger partial charge < -0.3 is 23.7 Å². The van der Waals surface area contributed by atoms with Gasteiger partial charge in [-0.2, -0.15) is 0 Å². The van der Waals surface area contributed by atoms with Crippen LogP contribution in [0.1, 0.15) is 106 Å². The largest absolute Gasteiger partial charge is 0.462 e. The third-order valence-corrected chi connectivity index (χ3v) is 16.1. The molecule has 3 aromatic carbocycles. The van der Waals surface area contributed by atoms with Gasteiger partial charge in [0.15, 0.2) is 17.1 Å². The van der Waals surface area contributed by atoms with Gasteiger partial charge in [-0.15, -0.1) is 0 Å². The van der Waals surface area contributed by atoms with E-state index in [9.17, 15) is 33.6 Å². The van der Waals surface area contributed by atoms with Gasteiger partial charge in [0.2, 0.25) is 0 Å². The summed E-state index contributed by atoms with van der Waals surface area (Å²) in [5, 5.41) is 2.85. The lowest BCUT2D eigenvalue weighted by Crippen LogP contribution is -2.39. The van der Waals surface area contributed by atoms with Gasteiger partial charge in [-0.05, 0) is 60.5 Å². The average molecular weight is 1060 g/mol. The molecule has 14 nitrogen and oxygen atoms in total. The van der Waals surface area contributed by atoms with Gasteiger partial charge in [0.05, 0.1) is 47.8 Å². The molecule has 2 unspecified atom stereocenters. The number of thioether (sulfide) groups is 4. The van der Waals surface area contributed by atoms with Crippen molar-refractivity contribution in [3.8, 4) is 11.5 Å². The Kier molecular flexibility index (Phi) is 18.7. The van der Waals surface area contributed by atoms with Gasteiger partial charge >= 0.3 is 29.8 Å². The fourth-order valence-corrected chi connectivity index (χ4v) is 13.9. The van der Waals surface area contributed by atoms with E-state index >= 15 is 0 Å². The number of hydrogen-bond donors (Lipinski definition) is 0. The first kappa shape index (κ1) is 55.9. The van der Waals surface area contributed by atoms with Gasteiger partial charge in [-0.25, -0.2) is 24.4 Å². The van der Waals surface area contributed by atoms with E-state index < -0.39 is 53.8 Å². The molecule has 18 heteroatoms. The van der Waals surface area contributed by atoms with Gasteiger partial charge in [-0.1, -0.05) is 170 Å². The smallest absolute Gasteiger partial charge is 0.347 e. The second-order valence-corrected chi connectivity index (χ2v) is 24.9. The molecule has 72 heavy (non-hydrogen) atoms. The Balaban J connectivity index is 1.51. The van der Waals surface area contributed by atoms with Crippen molar-refractivity contribution in [3.05, 3.63) is 104 Å². The minimum Gasteiger partial charge on any atom is -0.462 e. The summed E-state index contributed by atoms with van der Waals surface area (Å²) in [6.45, 7) is 22.4. The predicted octanol–water partition coefficient (Wildman–Crippen LogP) is 11.5. The van der Waals surface area contributed by atoms with E-state index in [0.29, 0.717) is 22.6 Å². The van der Waals surface area contributed by atoms with Crippen molar-refractivity contribution in [2.45, 2.75) is 128 Å². The standard InChI is InChI=1S/C54H62N2O12S4/c1-12-64-49(62)39(50(63)66-24-23-65-48(61)31(2)3)52-71-44-40(67-36(57)25-32(4)27-53(6,7)8)42-43(41(45(44)72-52)68-37(58)26-33(5)28-54(9,10)11)70-51(69-42)38-46(59)55(29-34-19-15-13-16-20-34)56(47(38)60)30-35-21-17-14-18-22-35/h13-22,32-33H,2,12,23-30H2,1,3-11H3. The van der Waals surface area contributed by atoms with Gasteiger partial charge in [-0.3, -0.25) is 19.2 Å². The SMILES string of the molecule is C=C(C)C(=O)OCCOC(=O)C(C(=O)OCC)=C1Sc2c(OC(=O)CC(C)CC(C)(C)C)c3c(c(OC(=O)CC(C)CC(C)(C)C)c2S1)SC(=C1C(=O)N(Cc2ccccc2)N(Cc2ccccc2)C1=O)S3. The van der Waals surface area contributed by atoms with Crippen molar-refractivity contribution in [2.75, 3.05) is 19.8 Å². The van der Waals surface area contributed by atoms with Crippen LogP contribution in [-0.2, 0) is 60.9 Å². The number of benzene rings is 3. The molecule has 0 N–H and O–H groups in total. The zero-order valence-electron chi connectivity index (χ0n) is 42.4. The molecule has 0 aliphatic carbocycles. The Bertz CT molecular complexity index is 2550. The van der Waals surface area contributed by atoms with Crippen LogP contribution in [0.2, 0.25) is 0 Å². The fraction of sp³-hybridized carbons (Fsp3) is 0.426. The van der Waals surface area contributed by atoms with Crippen LogP contribution in [0, 0.1) is 22.7 Å². The molecule has 2 atom stereocenters. The highest BCUT2D eigenvalue weighted by Gasteiger charge is 2.47. The molecule has 0 saturated carbocycles. The lowest BCUT2D eigenvalue weighted by Gasteiger charge is -2.27. The maximum atomic E-state index is 14.8. The Hall–Kier alpha value is -5.43. The molecular weight excluding hydrogens is 997 g/mol. The maximum Gasteiger partial charge on any atom is 0.347 e. The van der Waals surface area contributed by atoms with Crippen molar-refractivity contribution < 1.29 is 57.2 Å². The van der Waals surface area contributed by atoms with Gasteiger partial charge in [0.1, 0.15) is 18.8 Å². The number of hydrazine groups is 1. The molecule has 2 amide bonds. The molecule has 3 aromatic rings. The molecule has 3 heterocycles. The van der Waals surface area contributed by atoms with E-state index in [1.807, 2.05) is 74.5 Å². The highest BCUT2D eigenvalue weighted by Crippen LogP contribution is 2.69. The van der Waals surface area contributed by atoms with Crippen molar-refractivity contribution in [3.63, 3.8) is 0 Å². The first-order chi connectivity index (χ1) is 33.9. The monoisotopic (exact) mass is 1060 g/mol. The number of amides is 2. The van der Waals surface area contributed by atoms with Crippen LogP contribution in [0.3, 0.4) is 0 Å². The second kappa shape index (κ2) is 24.1. The fourth-order valence-electron chi connectivity index (χ4n) is 8.39. The predicted molar refractivity (Wildman–Crippen MR) is 278 cm³/mol. The number of carbonyl (C=O) groups excluding carboxylic acids is 7. The molecule has 0 bridgehead atoms. The van der Waals surface area contributed by atoms with E-state index in [1.54, 1.807) is 6.92 Å². The van der Waals surface area contributed by atoms with Crippen molar-refractivity contribution in [1.82, 2.24) is 10.0 Å². The summed E-state index contributed by atoms with van der Waals surface area (Å²) in [5.74, 6) is -5.10. The molecule has 3 aliphatic rings. The van der Waals surface area contributed by atoms with Crippen LogP contribution >= 0.6 is 47.0 Å². The van der Waals surface area contributed by atoms with Crippen LogP contribution in [-0.4, -0.2) is 71.5 Å². The van der Waals surface area contributed by atoms with E-state index in [4.69, 9.17) is 23.7 Å². The third kappa shape index (κ3) is 14.4. The summed E-state index contributed by atoms with van der Waals surface area (Å²) in [6.07, 6.45) is 1.48. The van der Waals surface area contributed by atoms with Gasteiger partial charge in [0.25, 0.3) is 11.8 Å². The normalized spacial score (nSPS) is 15.2. The minimum atomic E-state index is -1.08. The number of nitrogens with zero attached hydrogens (tertiary/aromatic N) is 2. The van der Waals surface area contributed by atoms with E-state index in [0.717, 1.165) is 58.2 Å². The zero-order chi connectivity index (χ0) is 52.7. The number of ether oxygens (including phenoxy) is 5. The van der Waals surface area contributed by atoms with Crippen LogP contribution in [0.25, 0.3) is 0 Å². The van der Waals surface area contributed by atoms with E-state index in [2.05, 4.69) is 48.1 Å². The summed E-state index contributed by atoms with van der Waals surface area (Å²) in [7, 11) is 0. The quantitative estimate of drug-likeness (QED) is 0.0211. The number of rotatable bonds is 19. The molecule has 6 rings (SSSR count). The summed E-state index contributed by atoms with van der Waals surface area (Å²) in [5.41, 5.74) is 0.974. The highest BCUT2D eigenvalue weighted by atomic mass is 32.2. The summed E-state index contributed by atoms with van der Waals surface area (Å²) >= 11 is 3.94. The molecule has 1 fully saturated rings. The second-order valence-electron chi connectivity index (χ2n) is 20.3. The lowest BCUT2D eigenvalue weighted by atomic mass is 9.84. The first-order valence-corrected chi connectivity index (χ1v) is 26.9. The van der Waals surface area contributed by atoms with Crippen LogP contribution in [0.5, 0.6) is 11.5 Å². The van der Waals surface area contributed by atoms with E-state index in [1.165, 1.54) is 16.9 Å². The van der Waals surface area contributed by atoms with Crippen LogP contribution in [0.15, 0.2) is 112 Å². The molecule has 384 valence electrons. The van der Waals surface area contributed by atoms with Crippen molar-refractivity contribution >= 4 is 88.7 Å². The molecule has 1 saturated heterocycles. The van der Waals surface area contributed by atoms with Crippen LogP contribution in [0.4, 0.5) is 0 Å². The minimum absolute atomic E-state index is 0.0334. The number of esters is 5.